The molecule has 0 amide bonds. The van der Waals surface area contributed by atoms with Crippen LogP contribution in [0.2, 0.25) is 0 Å². The topological polar surface area (TPSA) is 63.6 Å². The largest absolute Gasteiger partial charge is 0.481 e. The van der Waals surface area contributed by atoms with E-state index in [2.05, 4.69) is 0 Å². The van der Waals surface area contributed by atoms with E-state index in [9.17, 15) is 9.59 Å². The summed E-state index contributed by atoms with van der Waals surface area (Å²) in [5.74, 6) is -1.24. The van der Waals surface area contributed by atoms with E-state index in [1.807, 2.05) is 6.92 Å². The number of hydrogen-bond donors (Lipinski definition) is 1. The van der Waals surface area contributed by atoms with E-state index in [1.54, 1.807) is 13.8 Å². The molecule has 1 N–H and O–H groups in total. The molecule has 1 rings (SSSR count). The van der Waals surface area contributed by atoms with Gasteiger partial charge in [0.05, 0.1) is 12.3 Å². The second-order valence-electron chi connectivity index (χ2n) is 4.34. The minimum Gasteiger partial charge on any atom is -0.481 e. The molecule has 1 aliphatic rings. The summed E-state index contributed by atoms with van der Waals surface area (Å²) in [5.41, 5.74) is -0.838. The van der Waals surface area contributed by atoms with Gasteiger partial charge in [-0.2, -0.15) is 0 Å². The lowest BCUT2D eigenvalue weighted by molar-refractivity contribution is -0.183. The van der Waals surface area contributed by atoms with Crippen LogP contribution in [0.5, 0.6) is 0 Å². The predicted molar refractivity (Wildman–Crippen MR) is 49.7 cm³/mol. The Morgan fingerprint density at radius 3 is 2.71 bits per heavy atom. The maximum atomic E-state index is 11.3. The average molecular weight is 200 g/mol. The van der Waals surface area contributed by atoms with Crippen molar-refractivity contribution in [1.82, 2.24) is 0 Å². The van der Waals surface area contributed by atoms with Gasteiger partial charge in [-0.25, -0.2) is 0 Å². The van der Waals surface area contributed by atoms with E-state index in [4.69, 9.17) is 9.84 Å². The maximum Gasteiger partial charge on any atom is 0.309 e. The van der Waals surface area contributed by atoms with E-state index in [-0.39, 0.29) is 24.2 Å². The van der Waals surface area contributed by atoms with Crippen molar-refractivity contribution in [3.05, 3.63) is 0 Å². The number of ether oxygens (including phenoxy) is 1. The number of rotatable bonds is 2. The van der Waals surface area contributed by atoms with Crippen LogP contribution in [0.25, 0.3) is 0 Å². The van der Waals surface area contributed by atoms with E-state index < -0.39 is 11.6 Å². The fourth-order valence-electron chi connectivity index (χ4n) is 1.82. The van der Waals surface area contributed by atoms with Crippen molar-refractivity contribution in [3.63, 3.8) is 0 Å². The molecule has 0 spiro atoms. The summed E-state index contributed by atoms with van der Waals surface area (Å²) in [6.07, 6.45) is 0.579. The quantitative estimate of drug-likeness (QED) is 0.685. The van der Waals surface area contributed by atoms with Gasteiger partial charge >= 0.3 is 11.9 Å². The molecule has 0 saturated carbocycles. The van der Waals surface area contributed by atoms with E-state index in [0.29, 0.717) is 6.42 Å². The zero-order chi connectivity index (χ0) is 10.9. The van der Waals surface area contributed by atoms with Gasteiger partial charge in [-0.3, -0.25) is 9.59 Å². The number of carboxylic acids is 1. The molecule has 14 heavy (non-hydrogen) atoms. The van der Waals surface area contributed by atoms with Gasteiger partial charge in [-0.1, -0.05) is 13.8 Å². The Morgan fingerprint density at radius 2 is 2.21 bits per heavy atom. The third-order valence-corrected chi connectivity index (χ3v) is 2.99. The summed E-state index contributed by atoms with van der Waals surface area (Å²) in [4.78, 5) is 21.9. The van der Waals surface area contributed by atoms with Gasteiger partial charge in [0.15, 0.2) is 0 Å². The van der Waals surface area contributed by atoms with E-state index in [0.717, 1.165) is 0 Å². The SMILES string of the molecule is CC1CC(C)C(C)(CC(=O)O)OC1=O. The van der Waals surface area contributed by atoms with E-state index in [1.165, 1.54) is 0 Å². The number of esters is 1. The third kappa shape index (κ3) is 2.05. The van der Waals surface area contributed by atoms with Crippen LogP contribution in [0.1, 0.15) is 33.6 Å². The van der Waals surface area contributed by atoms with Crippen molar-refractivity contribution < 1.29 is 19.4 Å². The molecule has 3 unspecified atom stereocenters. The highest BCUT2D eigenvalue weighted by Gasteiger charge is 2.43. The molecular weight excluding hydrogens is 184 g/mol. The first-order valence-corrected chi connectivity index (χ1v) is 4.80. The van der Waals surface area contributed by atoms with Crippen LogP contribution in [0.15, 0.2) is 0 Å². The number of hydrogen-bond acceptors (Lipinski definition) is 3. The number of carboxylic acid groups (broad SMARTS) is 1. The van der Waals surface area contributed by atoms with Crippen LogP contribution >= 0.6 is 0 Å². The van der Waals surface area contributed by atoms with Gasteiger partial charge in [0, 0.05) is 0 Å². The molecule has 0 aromatic carbocycles. The first-order valence-electron chi connectivity index (χ1n) is 4.80. The van der Waals surface area contributed by atoms with Gasteiger partial charge in [-0.05, 0) is 19.3 Å². The fraction of sp³-hybridized carbons (Fsp3) is 0.800. The Morgan fingerprint density at radius 1 is 1.64 bits per heavy atom. The Kier molecular flexibility index (Phi) is 2.83. The lowest BCUT2D eigenvalue weighted by Crippen LogP contribution is -2.47. The van der Waals surface area contributed by atoms with Gasteiger partial charge in [-0.15, -0.1) is 0 Å². The zero-order valence-corrected chi connectivity index (χ0v) is 8.74. The van der Waals surface area contributed by atoms with Gasteiger partial charge < -0.3 is 9.84 Å². The monoisotopic (exact) mass is 200 g/mol. The molecule has 4 nitrogen and oxygen atoms in total. The summed E-state index contributed by atoms with van der Waals surface area (Å²) < 4.78 is 5.19. The highest BCUT2D eigenvalue weighted by Crippen LogP contribution is 2.36. The average Bonchev–Trinajstić information content (AvgIpc) is 1.99. The van der Waals surface area contributed by atoms with Crippen molar-refractivity contribution in [1.29, 1.82) is 0 Å². The molecule has 0 radical (unpaired) electrons. The third-order valence-electron chi connectivity index (χ3n) is 2.99. The number of carbonyl (C=O) groups is 2. The molecule has 1 saturated heterocycles. The van der Waals surface area contributed by atoms with Crippen LogP contribution in [-0.4, -0.2) is 22.6 Å². The maximum absolute atomic E-state index is 11.3. The molecule has 0 aliphatic carbocycles. The van der Waals surface area contributed by atoms with Gasteiger partial charge in [0.1, 0.15) is 5.60 Å². The Bertz CT molecular complexity index is 261. The minimum atomic E-state index is -0.929. The van der Waals surface area contributed by atoms with Crippen LogP contribution in [-0.2, 0) is 14.3 Å². The Hall–Kier alpha value is -1.06. The molecule has 1 fully saturated rings. The second-order valence-corrected chi connectivity index (χ2v) is 4.34. The molecule has 1 aliphatic heterocycles. The summed E-state index contributed by atoms with van der Waals surface area (Å²) in [6, 6.07) is 0. The second kappa shape index (κ2) is 3.59. The summed E-state index contributed by atoms with van der Waals surface area (Å²) >= 11 is 0. The van der Waals surface area contributed by atoms with Crippen LogP contribution in [0.4, 0.5) is 0 Å². The molecular formula is C10H16O4. The van der Waals surface area contributed by atoms with Crippen molar-refractivity contribution >= 4 is 11.9 Å². The highest BCUT2D eigenvalue weighted by atomic mass is 16.6. The minimum absolute atomic E-state index is 0.0892. The smallest absolute Gasteiger partial charge is 0.309 e. The predicted octanol–water partition coefficient (Wildman–Crippen LogP) is 1.44. The standard InChI is InChI=1S/C10H16O4/c1-6-4-7(2)10(3,5-8(11)12)14-9(6)13/h6-7H,4-5H2,1-3H3,(H,11,12). The van der Waals surface area contributed by atoms with Crippen molar-refractivity contribution in [3.8, 4) is 0 Å². The Balaban J connectivity index is 2.77. The lowest BCUT2D eigenvalue weighted by Gasteiger charge is -2.40. The van der Waals surface area contributed by atoms with Crippen molar-refractivity contribution in [2.75, 3.05) is 0 Å². The molecule has 4 heteroatoms. The van der Waals surface area contributed by atoms with Gasteiger partial charge in [0.2, 0.25) is 0 Å². The number of cyclic esters (lactones) is 1. The summed E-state index contributed by atoms with van der Waals surface area (Å²) in [5, 5.41) is 8.71. The highest BCUT2D eigenvalue weighted by molar-refractivity contribution is 5.75. The molecule has 80 valence electrons. The van der Waals surface area contributed by atoms with Crippen LogP contribution in [0, 0.1) is 11.8 Å². The lowest BCUT2D eigenvalue weighted by atomic mass is 9.79. The number of aliphatic carboxylic acids is 1. The van der Waals surface area contributed by atoms with Gasteiger partial charge in [0.25, 0.3) is 0 Å². The van der Waals surface area contributed by atoms with E-state index >= 15 is 0 Å². The fourth-order valence-corrected chi connectivity index (χ4v) is 1.82. The van der Waals surface area contributed by atoms with Crippen molar-refractivity contribution in [2.45, 2.75) is 39.2 Å². The number of carbonyl (C=O) groups excluding carboxylic acids is 1. The first-order chi connectivity index (χ1) is 6.35. The molecule has 3 atom stereocenters. The summed E-state index contributed by atoms with van der Waals surface area (Å²) in [6.45, 7) is 5.42. The molecule has 1 heterocycles. The molecule has 0 bridgehead atoms. The van der Waals surface area contributed by atoms with Crippen LogP contribution < -0.4 is 0 Å². The van der Waals surface area contributed by atoms with Crippen molar-refractivity contribution in [2.24, 2.45) is 11.8 Å². The normalized spacial score (nSPS) is 37.8. The summed E-state index contributed by atoms with van der Waals surface area (Å²) in [7, 11) is 0. The van der Waals surface area contributed by atoms with Crippen LogP contribution in [0.3, 0.4) is 0 Å². The molecule has 0 aromatic heterocycles. The zero-order valence-electron chi connectivity index (χ0n) is 8.74. The molecule has 0 aromatic rings. The Labute approximate surface area is 83.2 Å². The first kappa shape index (κ1) is 11.0.